The Morgan fingerprint density at radius 3 is 2.95 bits per heavy atom. The molecule has 0 aliphatic heterocycles. The average molecular weight is 257 g/mol. The third kappa shape index (κ3) is 1.69. The number of carbonyl (C=O) groups is 1. The molecule has 0 bridgehead atoms. The van der Waals surface area contributed by atoms with Crippen molar-refractivity contribution in [1.82, 2.24) is 14.7 Å². The lowest BCUT2D eigenvalue weighted by atomic mass is 10.1. The van der Waals surface area contributed by atoms with E-state index in [1.807, 2.05) is 23.7 Å². The number of carboxylic acid groups (broad SMARTS) is 1. The number of aryl methyl sites for hydroxylation is 2. The minimum absolute atomic E-state index is 0.0929. The van der Waals surface area contributed by atoms with E-state index < -0.39 is 5.97 Å². The number of fused-ring (bicyclic) bond motifs is 1. The minimum Gasteiger partial charge on any atom is -0.477 e. The van der Waals surface area contributed by atoms with Crippen LogP contribution in [0.2, 0.25) is 0 Å². The van der Waals surface area contributed by atoms with Gasteiger partial charge in [-0.3, -0.25) is 0 Å². The molecule has 0 fully saturated rings. The first-order chi connectivity index (χ1) is 9.08. The summed E-state index contributed by atoms with van der Waals surface area (Å²) >= 11 is 0. The Morgan fingerprint density at radius 2 is 2.21 bits per heavy atom. The van der Waals surface area contributed by atoms with Gasteiger partial charge in [-0.25, -0.2) is 9.78 Å². The van der Waals surface area contributed by atoms with Gasteiger partial charge in [0.15, 0.2) is 0 Å². The van der Waals surface area contributed by atoms with Crippen molar-refractivity contribution in [3.05, 3.63) is 35.9 Å². The Hall–Kier alpha value is -2.63. The van der Waals surface area contributed by atoms with E-state index in [0.717, 1.165) is 11.0 Å². The van der Waals surface area contributed by atoms with Gasteiger partial charge in [0.05, 0.1) is 17.4 Å². The van der Waals surface area contributed by atoms with Crippen LogP contribution in [0.25, 0.3) is 22.3 Å². The number of aromatic nitrogens is 3. The van der Waals surface area contributed by atoms with Crippen LogP contribution in [0.4, 0.5) is 0 Å². The highest BCUT2D eigenvalue weighted by atomic mass is 16.5. The molecule has 19 heavy (non-hydrogen) atoms. The highest BCUT2D eigenvalue weighted by Gasteiger charge is 2.21. The third-order valence-electron chi connectivity index (χ3n) is 3.08. The molecule has 2 aromatic heterocycles. The van der Waals surface area contributed by atoms with Crippen LogP contribution in [0, 0.1) is 6.92 Å². The van der Waals surface area contributed by atoms with Crippen LogP contribution in [0.15, 0.2) is 29.0 Å². The smallest absolute Gasteiger partial charge is 0.341 e. The lowest BCUT2D eigenvalue weighted by Gasteiger charge is -1.99. The Kier molecular flexibility index (Phi) is 2.38. The molecule has 0 aliphatic rings. The predicted molar refractivity (Wildman–Crippen MR) is 67.9 cm³/mol. The molecule has 1 aromatic carbocycles. The molecule has 6 heteroatoms. The Morgan fingerprint density at radius 1 is 1.42 bits per heavy atom. The molecule has 0 saturated heterocycles. The standard InChI is InChI=1S/C13H11N3O3/c1-7-11(13(17)18)12(15-19-7)8-3-4-10-9(5-8)14-6-16(10)2/h3-6H,1-2H3,(H,17,18). The van der Waals surface area contributed by atoms with E-state index >= 15 is 0 Å². The monoisotopic (exact) mass is 257 g/mol. The summed E-state index contributed by atoms with van der Waals surface area (Å²) in [6, 6.07) is 5.50. The van der Waals surface area contributed by atoms with Crippen LogP contribution >= 0.6 is 0 Å². The summed E-state index contributed by atoms with van der Waals surface area (Å²) in [5.41, 5.74) is 2.87. The van der Waals surface area contributed by atoms with Gasteiger partial charge in [-0.15, -0.1) is 0 Å². The molecule has 0 saturated carbocycles. The van der Waals surface area contributed by atoms with Gasteiger partial charge in [0, 0.05) is 12.6 Å². The second-order valence-corrected chi connectivity index (χ2v) is 4.33. The fourth-order valence-corrected chi connectivity index (χ4v) is 2.10. The summed E-state index contributed by atoms with van der Waals surface area (Å²) < 4.78 is 6.87. The van der Waals surface area contributed by atoms with E-state index in [4.69, 9.17) is 4.52 Å². The molecule has 0 radical (unpaired) electrons. The van der Waals surface area contributed by atoms with Crippen molar-refractivity contribution in [3.8, 4) is 11.3 Å². The largest absolute Gasteiger partial charge is 0.477 e. The molecule has 96 valence electrons. The van der Waals surface area contributed by atoms with Crippen molar-refractivity contribution in [2.45, 2.75) is 6.92 Å². The molecule has 0 amide bonds. The van der Waals surface area contributed by atoms with Crippen LogP contribution in [-0.4, -0.2) is 25.8 Å². The van der Waals surface area contributed by atoms with Crippen LogP contribution in [-0.2, 0) is 7.05 Å². The maximum Gasteiger partial charge on any atom is 0.341 e. The highest BCUT2D eigenvalue weighted by Crippen LogP contribution is 2.27. The maximum atomic E-state index is 11.2. The van der Waals surface area contributed by atoms with Crippen molar-refractivity contribution < 1.29 is 14.4 Å². The van der Waals surface area contributed by atoms with Crippen molar-refractivity contribution in [2.75, 3.05) is 0 Å². The van der Waals surface area contributed by atoms with Gasteiger partial charge in [0.2, 0.25) is 0 Å². The second kappa shape index (κ2) is 3.94. The van der Waals surface area contributed by atoms with Gasteiger partial charge in [-0.05, 0) is 19.1 Å². The number of aromatic carboxylic acids is 1. The quantitative estimate of drug-likeness (QED) is 0.761. The van der Waals surface area contributed by atoms with Gasteiger partial charge in [0.1, 0.15) is 17.0 Å². The maximum absolute atomic E-state index is 11.2. The van der Waals surface area contributed by atoms with Crippen LogP contribution in [0.1, 0.15) is 16.1 Å². The number of hydrogen-bond donors (Lipinski definition) is 1. The third-order valence-corrected chi connectivity index (χ3v) is 3.08. The van der Waals surface area contributed by atoms with Crippen molar-refractivity contribution in [1.29, 1.82) is 0 Å². The van der Waals surface area contributed by atoms with E-state index in [0.29, 0.717) is 17.0 Å². The molecule has 3 rings (SSSR count). The van der Waals surface area contributed by atoms with Crippen molar-refractivity contribution in [2.24, 2.45) is 7.05 Å². The number of carboxylic acids is 1. The zero-order valence-corrected chi connectivity index (χ0v) is 10.4. The van der Waals surface area contributed by atoms with E-state index in [-0.39, 0.29) is 5.56 Å². The molecule has 0 atom stereocenters. The fraction of sp³-hybridized carbons (Fsp3) is 0.154. The van der Waals surface area contributed by atoms with Crippen LogP contribution in [0.5, 0.6) is 0 Å². The summed E-state index contributed by atoms with van der Waals surface area (Å²) in [5, 5.41) is 13.0. The van der Waals surface area contributed by atoms with Crippen molar-refractivity contribution in [3.63, 3.8) is 0 Å². The second-order valence-electron chi connectivity index (χ2n) is 4.33. The number of imidazole rings is 1. The van der Waals surface area contributed by atoms with Gasteiger partial charge in [-0.1, -0.05) is 11.2 Å². The predicted octanol–water partition coefficient (Wildman–Crippen LogP) is 2.23. The van der Waals surface area contributed by atoms with Crippen molar-refractivity contribution >= 4 is 17.0 Å². The minimum atomic E-state index is -1.05. The van der Waals surface area contributed by atoms with Crippen LogP contribution < -0.4 is 0 Å². The zero-order chi connectivity index (χ0) is 13.6. The van der Waals surface area contributed by atoms with E-state index in [2.05, 4.69) is 10.1 Å². The lowest BCUT2D eigenvalue weighted by molar-refractivity contribution is 0.0696. The molecule has 0 spiro atoms. The van der Waals surface area contributed by atoms with Gasteiger partial charge in [0.25, 0.3) is 0 Å². The topological polar surface area (TPSA) is 81.2 Å². The fourth-order valence-electron chi connectivity index (χ4n) is 2.10. The van der Waals surface area contributed by atoms with E-state index in [9.17, 15) is 9.90 Å². The Labute approximate surface area is 108 Å². The normalized spacial score (nSPS) is 11.1. The molecule has 2 heterocycles. The van der Waals surface area contributed by atoms with Gasteiger partial charge >= 0.3 is 5.97 Å². The van der Waals surface area contributed by atoms with Gasteiger partial charge < -0.3 is 14.2 Å². The number of benzene rings is 1. The Bertz CT molecular complexity index is 786. The number of nitrogens with zero attached hydrogens (tertiary/aromatic N) is 3. The summed E-state index contributed by atoms with van der Waals surface area (Å²) in [7, 11) is 1.90. The summed E-state index contributed by atoms with van der Waals surface area (Å²) in [6.07, 6.45) is 1.71. The zero-order valence-electron chi connectivity index (χ0n) is 10.4. The molecule has 0 unspecified atom stereocenters. The van der Waals surface area contributed by atoms with Gasteiger partial charge in [-0.2, -0.15) is 0 Å². The lowest BCUT2D eigenvalue weighted by Crippen LogP contribution is -1.99. The first-order valence-corrected chi connectivity index (χ1v) is 5.69. The first-order valence-electron chi connectivity index (χ1n) is 5.69. The van der Waals surface area contributed by atoms with Crippen LogP contribution in [0.3, 0.4) is 0 Å². The highest BCUT2D eigenvalue weighted by molar-refractivity contribution is 5.96. The average Bonchev–Trinajstić information content (AvgIpc) is 2.93. The summed E-state index contributed by atoms with van der Waals surface area (Å²) in [6.45, 7) is 1.58. The number of rotatable bonds is 2. The molecule has 0 aliphatic carbocycles. The summed E-state index contributed by atoms with van der Waals surface area (Å²) in [5.74, 6) is -0.751. The van der Waals surface area contributed by atoms with E-state index in [1.165, 1.54) is 0 Å². The first kappa shape index (κ1) is 11.5. The number of hydrogen-bond acceptors (Lipinski definition) is 4. The molecular formula is C13H11N3O3. The Balaban J connectivity index is 2.22. The molecule has 6 nitrogen and oxygen atoms in total. The van der Waals surface area contributed by atoms with E-state index in [1.54, 1.807) is 19.3 Å². The molecular weight excluding hydrogens is 246 g/mol. The molecule has 1 N–H and O–H groups in total. The summed E-state index contributed by atoms with van der Waals surface area (Å²) in [4.78, 5) is 15.5. The SMILES string of the molecule is Cc1onc(-c2ccc3c(c2)ncn3C)c1C(=O)O. The molecule has 3 aromatic rings.